The van der Waals surface area contributed by atoms with Crippen molar-refractivity contribution in [2.45, 2.75) is 63.9 Å². The molecular formula is C27H29ClF3N3O6. The number of ether oxygens (including phenoxy) is 2. The first-order chi connectivity index (χ1) is 18.8. The molecule has 1 aliphatic rings. The molecule has 2 aromatic carbocycles. The Kier molecular flexibility index (Phi) is 8.98. The van der Waals surface area contributed by atoms with Crippen LogP contribution in [0.5, 0.6) is 0 Å². The highest BCUT2D eigenvalue weighted by molar-refractivity contribution is 6.31. The molecule has 0 radical (unpaired) electrons. The Morgan fingerprint density at radius 3 is 2.40 bits per heavy atom. The molecule has 1 fully saturated rings. The SMILES string of the molecule is CC(C)(C)C(=O)[C@@H](OCc1ccccc1Cl)[C@@H]1OC(CO)[C@H](O)[C@H](n2cc(-c3cc(F)c(F)c(F)c3)nn2)C1O. The summed E-state index contributed by atoms with van der Waals surface area (Å²) < 4.78 is 53.8. The summed E-state index contributed by atoms with van der Waals surface area (Å²) in [4.78, 5) is 13.5. The Morgan fingerprint density at radius 1 is 1.15 bits per heavy atom. The molecule has 0 bridgehead atoms. The molecule has 0 spiro atoms. The molecule has 1 aliphatic heterocycles. The zero-order valence-electron chi connectivity index (χ0n) is 21.8. The molecule has 3 N–H and O–H groups in total. The van der Waals surface area contributed by atoms with E-state index in [1.54, 1.807) is 45.0 Å². The molecule has 4 rings (SSSR count). The summed E-state index contributed by atoms with van der Waals surface area (Å²) in [5.74, 6) is -4.94. The van der Waals surface area contributed by atoms with Gasteiger partial charge in [0.15, 0.2) is 23.2 Å². The number of carbonyl (C=O) groups excluding carboxylic acids is 1. The highest BCUT2D eigenvalue weighted by atomic mass is 35.5. The van der Waals surface area contributed by atoms with Gasteiger partial charge in [-0.15, -0.1) is 5.10 Å². The van der Waals surface area contributed by atoms with Gasteiger partial charge in [0.2, 0.25) is 0 Å². The third-order valence-electron chi connectivity index (χ3n) is 6.70. The number of hydrogen-bond donors (Lipinski definition) is 3. The highest BCUT2D eigenvalue weighted by Gasteiger charge is 2.51. The minimum absolute atomic E-state index is 0.0851. The number of Topliss-reactive ketones (excluding diaryl/α,β-unsaturated/α-hetero) is 1. The van der Waals surface area contributed by atoms with Gasteiger partial charge in [0.1, 0.15) is 42.3 Å². The van der Waals surface area contributed by atoms with Crippen molar-refractivity contribution in [3.05, 3.63) is 70.6 Å². The Hall–Kier alpha value is -2.87. The van der Waals surface area contributed by atoms with Crippen LogP contribution >= 0.6 is 11.6 Å². The standard InChI is InChI=1S/C27H29ClF3N3O6/c1-27(2,3)26(38)25(39-12-13-6-4-5-7-15(13)28)24-23(37)21(22(36)19(11-35)40-24)34-10-18(32-33-34)14-8-16(29)20(31)17(30)9-14/h4-10,19,21-25,35-37H,11-12H2,1-3H3/t19?,21-,22-,23?,24+,25-/m0/s1. The average molecular weight is 584 g/mol. The minimum atomic E-state index is -1.65. The fraction of sp³-hybridized carbons (Fsp3) is 0.444. The number of carbonyl (C=O) groups is 1. The summed E-state index contributed by atoms with van der Waals surface area (Å²) in [5, 5.41) is 40.5. The van der Waals surface area contributed by atoms with Crippen LogP contribution in [0.15, 0.2) is 42.6 Å². The summed E-state index contributed by atoms with van der Waals surface area (Å²) >= 11 is 6.24. The summed E-state index contributed by atoms with van der Waals surface area (Å²) in [5.41, 5.74) is -0.585. The van der Waals surface area contributed by atoms with E-state index in [2.05, 4.69) is 10.3 Å². The van der Waals surface area contributed by atoms with E-state index in [-0.39, 0.29) is 17.9 Å². The van der Waals surface area contributed by atoms with Crippen LogP contribution < -0.4 is 0 Å². The van der Waals surface area contributed by atoms with Crippen molar-refractivity contribution in [3.63, 3.8) is 0 Å². The van der Waals surface area contributed by atoms with Gasteiger partial charge in [-0.05, 0) is 23.8 Å². The van der Waals surface area contributed by atoms with E-state index in [1.165, 1.54) is 6.20 Å². The van der Waals surface area contributed by atoms with E-state index in [9.17, 15) is 33.3 Å². The van der Waals surface area contributed by atoms with Crippen LogP contribution in [0, 0.1) is 22.9 Å². The lowest BCUT2D eigenvalue weighted by Gasteiger charge is -2.45. The fourth-order valence-corrected chi connectivity index (χ4v) is 4.68. The van der Waals surface area contributed by atoms with E-state index < -0.39 is 71.8 Å². The smallest absolute Gasteiger partial charge is 0.194 e. The van der Waals surface area contributed by atoms with Gasteiger partial charge < -0.3 is 24.8 Å². The maximum Gasteiger partial charge on any atom is 0.194 e. The first-order valence-corrected chi connectivity index (χ1v) is 12.8. The van der Waals surface area contributed by atoms with Gasteiger partial charge in [-0.3, -0.25) is 4.79 Å². The Bertz CT molecular complexity index is 1340. The molecule has 0 amide bonds. The normalized spacial score (nSPS) is 24.2. The number of aromatic nitrogens is 3. The summed E-state index contributed by atoms with van der Waals surface area (Å²) in [6.07, 6.45) is -6.00. The molecule has 2 unspecified atom stereocenters. The number of ketones is 1. The number of aliphatic hydroxyl groups excluding tert-OH is 3. The maximum absolute atomic E-state index is 13.8. The first kappa shape index (κ1) is 30.1. The van der Waals surface area contributed by atoms with Gasteiger partial charge in [0.05, 0.1) is 19.4 Å². The Labute approximate surface area is 233 Å². The van der Waals surface area contributed by atoms with Crippen molar-refractivity contribution in [2.24, 2.45) is 5.41 Å². The van der Waals surface area contributed by atoms with Crippen molar-refractivity contribution < 1.29 is 42.8 Å². The predicted octanol–water partition coefficient (Wildman–Crippen LogP) is 3.24. The zero-order valence-corrected chi connectivity index (χ0v) is 22.6. The van der Waals surface area contributed by atoms with Gasteiger partial charge in [-0.1, -0.05) is 55.8 Å². The molecule has 1 saturated heterocycles. The monoisotopic (exact) mass is 583 g/mol. The second kappa shape index (κ2) is 11.9. The largest absolute Gasteiger partial charge is 0.394 e. The van der Waals surface area contributed by atoms with Gasteiger partial charge in [0.25, 0.3) is 0 Å². The quantitative estimate of drug-likeness (QED) is 0.345. The molecule has 40 heavy (non-hydrogen) atoms. The fourth-order valence-electron chi connectivity index (χ4n) is 4.49. The van der Waals surface area contributed by atoms with Crippen molar-refractivity contribution in [1.82, 2.24) is 15.0 Å². The lowest BCUT2D eigenvalue weighted by molar-refractivity contribution is -0.236. The molecule has 9 nitrogen and oxygen atoms in total. The molecular weight excluding hydrogens is 555 g/mol. The van der Waals surface area contributed by atoms with Crippen LogP contribution in [0.1, 0.15) is 32.4 Å². The van der Waals surface area contributed by atoms with E-state index in [4.69, 9.17) is 21.1 Å². The van der Waals surface area contributed by atoms with Gasteiger partial charge >= 0.3 is 0 Å². The summed E-state index contributed by atoms with van der Waals surface area (Å²) in [6, 6.07) is 6.96. The number of rotatable bonds is 8. The van der Waals surface area contributed by atoms with Gasteiger partial charge in [-0.25, -0.2) is 17.9 Å². The first-order valence-electron chi connectivity index (χ1n) is 12.4. The van der Waals surface area contributed by atoms with Crippen molar-refractivity contribution in [2.75, 3.05) is 6.61 Å². The second-order valence-electron chi connectivity index (χ2n) is 10.6. The number of aliphatic hydroxyl groups is 3. The van der Waals surface area contributed by atoms with Crippen LogP contribution in [-0.2, 0) is 20.9 Å². The second-order valence-corrected chi connectivity index (χ2v) is 11.0. The molecule has 216 valence electrons. The molecule has 6 atom stereocenters. The average Bonchev–Trinajstić information content (AvgIpc) is 3.38. The number of hydrogen-bond acceptors (Lipinski definition) is 8. The van der Waals surface area contributed by atoms with Crippen molar-refractivity contribution in [1.29, 1.82) is 0 Å². The van der Waals surface area contributed by atoms with Crippen LogP contribution in [-0.4, -0.2) is 73.2 Å². The molecule has 2 heterocycles. The molecule has 0 aliphatic carbocycles. The molecule has 3 aromatic rings. The van der Waals surface area contributed by atoms with Crippen LogP contribution in [0.25, 0.3) is 11.3 Å². The lowest BCUT2D eigenvalue weighted by Crippen LogP contribution is -2.61. The Morgan fingerprint density at radius 2 is 1.80 bits per heavy atom. The third-order valence-corrected chi connectivity index (χ3v) is 7.07. The topological polar surface area (TPSA) is 127 Å². The van der Waals surface area contributed by atoms with Gasteiger partial charge in [-0.2, -0.15) is 0 Å². The van der Waals surface area contributed by atoms with E-state index in [1.807, 2.05) is 0 Å². The third kappa shape index (κ3) is 6.07. The van der Waals surface area contributed by atoms with Gasteiger partial charge in [0, 0.05) is 16.0 Å². The highest BCUT2D eigenvalue weighted by Crippen LogP contribution is 2.35. The number of halogens is 4. The number of benzene rings is 2. The lowest BCUT2D eigenvalue weighted by atomic mass is 9.81. The summed E-state index contributed by atoms with van der Waals surface area (Å²) in [6.45, 7) is 4.20. The molecule has 1 aromatic heterocycles. The minimum Gasteiger partial charge on any atom is -0.394 e. The van der Waals surface area contributed by atoms with E-state index in [0.29, 0.717) is 10.6 Å². The zero-order chi connectivity index (χ0) is 29.4. The van der Waals surface area contributed by atoms with Crippen molar-refractivity contribution in [3.8, 4) is 11.3 Å². The van der Waals surface area contributed by atoms with Crippen LogP contribution in [0.3, 0.4) is 0 Å². The predicted molar refractivity (Wildman–Crippen MR) is 137 cm³/mol. The Balaban J connectivity index is 1.69. The summed E-state index contributed by atoms with van der Waals surface area (Å²) in [7, 11) is 0. The van der Waals surface area contributed by atoms with E-state index >= 15 is 0 Å². The van der Waals surface area contributed by atoms with E-state index in [0.717, 1.165) is 16.8 Å². The molecule has 13 heteroatoms. The van der Waals surface area contributed by atoms with Crippen LogP contribution in [0.4, 0.5) is 13.2 Å². The van der Waals surface area contributed by atoms with Crippen LogP contribution in [0.2, 0.25) is 5.02 Å². The molecule has 0 saturated carbocycles. The van der Waals surface area contributed by atoms with Crippen molar-refractivity contribution >= 4 is 17.4 Å². The maximum atomic E-state index is 13.8. The number of nitrogens with zero attached hydrogens (tertiary/aromatic N) is 3.